The third-order valence-corrected chi connectivity index (χ3v) is 2.37. The Labute approximate surface area is 83.1 Å². The number of benzene rings is 1. The Morgan fingerprint density at radius 3 is 2.50 bits per heavy atom. The third kappa shape index (κ3) is 1.35. The topological polar surface area (TPSA) is 41.8 Å². The summed E-state index contributed by atoms with van der Waals surface area (Å²) in [6, 6.07) is 9.30. The maximum absolute atomic E-state index is 10.2. The highest BCUT2D eigenvalue weighted by Crippen LogP contribution is 2.31. The zero-order valence-corrected chi connectivity index (χ0v) is 8.27. The van der Waals surface area contributed by atoms with Crippen molar-refractivity contribution in [2.75, 3.05) is 0 Å². The van der Waals surface area contributed by atoms with Crippen molar-refractivity contribution in [3.05, 3.63) is 35.9 Å². The van der Waals surface area contributed by atoms with E-state index in [4.69, 9.17) is 4.74 Å². The lowest BCUT2D eigenvalue weighted by Gasteiger charge is -2.23. The van der Waals surface area contributed by atoms with Crippen LogP contribution in [0.5, 0.6) is 0 Å². The molecule has 2 rings (SSSR count). The minimum absolute atomic E-state index is 0.278. The molecule has 1 aliphatic heterocycles. The van der Waals surface area contributed by atoms with Crippen molar-refractivity contribution < 1.29 is 9.84 Å². The van der Waals surface area contributed by atoms with Crippen LogP contribution in [0.25, 0.3) is 0 Å². The van der Waals surface area contributed by atoms with Gasteiger partial charge in [-0.1, -0.05) is 30.3 Å². The van der Waals surface area contributed by atoms with Crippen LogP contribution in [0.2, 0.25) is 0 Å². The van der Waals surface area contributed by atoms with Crippen molar-refractivity contribution in [3.8, 4) is 0 Å². The standard InChI is InChI=1S/C11H13NO2/c1-8-11(13,14-9(2)12-8)10-6-4-3-5-7-10/h3-7,9,13H,1-2H3/t9-,11+/m0/s1. The molecule has 3 nitrogen and oxygen atoms in total. The van der Waals surface area contributed by atoms with E-state index in [1.165, 1.54) is 0 Å². The summed E-state index contributed by atoms with van der Waals surface area (Å²) in [7, 11) is 0. The van der Waals surface area contributed by atoms with Gasteiger partial charge in [-0.3, -0.25) is 4.99 Å². The van der Waals surface area contributed by atoms with Crippen LogP contribution in [0.15, 0.2) is 35.3 Å². The fraction of sp³-hybridized carbons (Fsp3) is 0.364. The third-order valence-electron chi connectivity index (χ3n) is 2.37. The minimum Gasteiger partial charge on any atom is -0.357 e. The van der Waals surface area contributed by atoms with Gasteiger partial charge in [0.05, 0.1) is 5.71 Å². The first-order valence-electron chi connectivity index (χ1n) is 4.63. The molecule has 1 aliphatic rings. The molecule has 0 spiro atoms. The van der Waals surface area contributed by atoms with E-state index in [-0.39, 0.29) is 6.23 Å². The van der Waals surface area contributed by atoms with E-state index in [2.05, 4.69) is 4.99 Å². The second kappa shape index (κ2) is 3.19. The van der Waals surface area contributed by atoms with Crippen molar-refractivity contribution in [2.45, 2.75) is 25.9 Å². The molecule has 14 heavy (non-hydrogen) atoms. The number of rotatable bonds is 1. The molecule has 74 valence electrons. The van der Waals surface area contributed by atoms with Gasteiger partial charge in [0, 0.05) is 5.56 Å². The van der Waals surface area contributed by atoms with Gasteiger partial charge in [-0.2, -0.15) is 0 Å². The van der Waals surface area contributed by atoms with E-state index in [1.54, 1.807) is 6.92 Å². The van der Waals surface area contributed by atoms with Gasteiger partial charge in [-0.05, 0) is 13.8 Å². The van der Waals surface area contributed by atoms with Crippen LogP contribution in [0, 0.1) is 0 Å². The largest absolute Gasteiger partial charge is 0.357 e. The first-order valence-corrected chi connectivity index (χ1v) is 4.63. The van der Waals surface area contributed by atoms with E-state index in [9.17, 15) is 5.11 Å². The van der Waals surface area contributed by atoms with Crippen LogP contribution in [0.4, 0.5) is 0 Å². The summed E-state index contributed by atoms with van der Waals surface area (Å²) >= 11 is 0. The Hall–Kier alpha value is -1.19. The number of aliphatic imine (C=N–C) groups is 1. The molecule has 0 unspecified atom stereocenters. The van der Waals surface area contributed by atoms with Gasteiger partial charge in [-0.15, -0.1) is 0 Å². The summed E-state index contributed by atoms with van der Waals surface area (Å²) < 4.78 is 5.40. The fourth-order valence-electron chi connectivity index (χ4n) is 1.66. The van der Waals surface area contributed by atoms with Crippen LogP contribution in [-0.4, -0.2) is 17.0 Å². The van der Waals surface area contributed by atoms with E-state index in [1.807, 2.05) is 37.3 Å². The summed E-state index contributed by atoms with van der Waals surface area (Å²) in [4.78, 5) is 4.16. The predicted octanol–water partition coefficient (Wildman–Crippen LogP) is 1.67. The predicted molar refractivity (Wildman–Crippen MR) is 54.0 cm³/mol. The normalized spacial score (nSPS) is 31.6. The van der Waals surface area contributed by atoms with Crippen molar-refractivity contribution in [1.29, 1.82) is 0 Å². The van der Waals surface area contributed by atoms with Crippen molar-refractivity contribution in [1.82, 2.24) is 0 Å². The van der Waals surface area contributed by atoms with Gasteiger partial charge >= 0.3 is 0 Å². The van der Waals surface area contributed by atoms with Crippen molar-refractivity contribution in [2.24, 2.45) is 4.99 Å². The van der Waals surface area contributed by atoms with E-state index >= 15 is 0 Å². The van der Waals surface area contributed by atoms with Gasteiger partial charge in [0.15, 0.2) is 0 Å². The van der Waals surface area contributed by atoms with Gasteiger partial charge in [0.25, 0.3) is 0 Å². The Morgan fingerprint density at radius 1 is 1.36 bits per heavy atom. The minimum atomic E-state index is -1.33. The van der Waals surface area contributed by atoms with Crippen LogP contribution in [0.1, 0.15) is 19.4 Å². The van der Waals surface area contributed by atoms with Gasteiger partial charge in [-0.25, -0.2) is 0 Å². The van der Waals surface area contributed by atoms with Crippen LogP contribution in [0.3, 0.4) is 0 Å². The number of hydrogen-bond acceptors (Lipinski definition) is 3. The maximum Gasteiger partial charge on any atom is 0.234 e. The zero-order valence-electron chi connectivity index (χ0n) is 8.27. The first-order chi connectivity index (χ1) is 6.63. The first kappa shape index (κ1) is 9.37. The Bertz CT molecular complexity index is 361. The Kier molecular flexibility index (Phi) is 2.13. The molecule has 0 radical (unpaired) electrons. The lowest BCUT2D eigenvalue weighted by atomic mass is 10.0. The number of aliphatic hydroxyl groups is 1. The van der Waals surface area contributed by atoms with Gasteiger partial charge < -0.3 is 9.84 Å². The van der Waals surface area contributed by atoms with Gasteiger partial charge in [0.1, 0.15) is 6.23 Å². The maximum atomic E-state index is 10.2. The molecule has 1 heterocycles. The molecule has 1 aromatic rings. The van der Waals surface area contributed by atoms with Crippen LogP contribution >= 0.6 is 0 Å². The Morgan fingerprint density at radius 2 is 2.00 bits per heavy atom. The second-order valence-corrected chi connectivity index (χ2v) is 3.44. The average Bonchev–Trinajstić information content (AvgIpc) is 2.43. The highest BCUT2D eigenvalue weighted by molar-refractivity contribution is 5.91. The van der Waals surface area contributed by atoms with Crippen LogP contribution < -0.4 is 0 Å². The number of nitrogens with zero attached hydrogens (tertiary/aromatic N) is 1. The molecule has 3 heteroatoms. The van der Waals surface area contributed by atoms with Gasteiger partial charge in [0.2, 0.25) is 5.79 Å². The molecule has 0 saturated heterocycles. The lowest BCUT2D eigenvalue weighted by molar-refractivity contribution is -0.166. The SMILES string of the molecule is CC1=N[C@H](C)O[C@@]1(O)c1ccccc1. The van der Waals surface area contributed by atoms with E-state index < -0.39 is 5.79 Å². The summed E-state index contributed by atoms with van der Waals surface area (Å²) in [6.45, 7) is 3.58. The lowest BCUT2D eigenvalue weighted by Crippen LogP contribution is -2.33. The molecule has 2 atom stereocenters. The summed E-state index contributed by atoms with van der Waals surface area (Å²) in [6.07, 6.45) is -0.278. The Balaban J connectivity index is 2.40. The molecule has 0 bridgehead atoms. The molecule has 0 fully saturated rings. The smallest absolute Gasteiger partial charge is 0.234 e. The molecule has 0 amide bonds. The monoisotopic (exact) mass is 191 g/mol. The molecular formula is C11H13NO2. The number of ether oxygens (including phenoxy) is 1. The highest BCUT2D eigenvalue weighted by atomic mass is 16.6. The summed E-state index contributed by atoms with van der Waals surface area (Å²) in [5, 5.41) is 10.2. The molecule has 0 aromatic heterocycles. The average molecular weight is 191 g/mol. The van der Waals surface area contributed by atoms with E-state index in [0.29, 0.717) is 5.71 Å². The molecule has 0 aliphatic carbocycles. The number of hydrogen-bond donors (Lipinski definition) is 1. The highest BCUT2D eigenvalue weighted by Gasteiger charge is 2.40. The second-order valence-electron chi connectivity index (χ2n) is 3.44. The van der Waals surface area contributed by atoms with Crippen molar-refractivity contribution in [3.63, 3.8) is 0 Å². The van der Waals surface area contributed by atoms with Crippen molar-refractivity contribution >= 4 is 5.71 Å². The summed E-state index contributed by atoms with van der Waals surface area (Å²) in [5.74, 6) is -1.33. The van der Waals surface area contributed by atoms with E-state index in [0.717, 1.165) is 5.56 Å². The molecular weight excluding hydrogens is 178 g/mol. The zero-order chi connectivity index (χ0) is 10.2. The fourth-order valence-corrected chi connectivity index (χ4v) is 1.66. The molecule has 1 N–H and O–H groups in total. The molecule has 1 aromatic carbocycles. The summed E-state index contributed by atoms with van der Waals surface area (Å²) in [5.41, 5.74) is 1.34. The molecule has 0 saturated carbocycles. The quantitative estimate of drug-likeness (QED) is 0.733. The van der Waals surface area contributed by atoms with Crippen LogP contribution in [-0.2, 0) is 10.5 Å².